The zero-order chi connectivity index (χ0) is 29.2. The lowest BCUT2D eigenvalue weighted by Crippen LogP contribution is -2.40. The summed E-state index contributed by atoms with van der Waals surface area (Å²) in [7, 11) is 1.59. The maximum absolute atomic E-state index is 13.5. The van der Waals surface area contributed by atoms with Crippen LogP contribution in [0.25, 0.3) is 22.3 Å². The lowest BCUT2D eigenvalue weighted by atomic mass is 9.88. The van der Waals surface area contributed by atoms with E-state index in [9.17, 15) is 14.4 Å². The largest absolute Gasteiger partial charge is 0.461 e. The van der Waals surface area contributed by atoms with Gasteiger partial charge in [-0.2, -0.15) is 0 Å². The van der Waals surface area contributed by atoms with Crippen LogP contribution in [0.15, 0.2) is 97.6 Å². The monoisotopic (exact) mass is 552 g/mol. The second kappa shape index (κ2) is 13.6. The van der Waals surface area contributed by atoms with E-state index in [1.54, 1.807) is 30.2 Å². The van der Waals surface area contributed by atoms with Gasteiger partial charge in [-0.25, -0.2) is 0 Å². The van der Waals surface area contributed by atoms with E-state index in [0.717, 1.165) is 27.8 Å². The number of hydrogen-bond acceptors (Lipinski definition) is 5. The first-order chi connectivity index (χ1) is 19.7. The molecular formula is C33H36N4O4. The molecule has 4 rings (SSSR count). The lowest BCUT2D eigenvalue weighted by molar-refractivity contribution is -0.147. The van der Waals surface area contributed by atoms with Crippen molar-refractivity contribution in [3.05, 3.63) is 103 Å². The zero-order valence-electron chi connectivity index (χ0n) is 23.7. The van der Waals surface area contributed by atoms with Gasteiger partial charge < -0.3 is 19.9 Å². The van der Waals surface area contributed by atoms with Crippen LogP contribution in [0.3, 0.4) is 0 Å². The summed E-state index contributed by atoms with van der Waals surface area (Å²) >= 11 is 0. The molecule has 0 aliphatic heterocycles. The van der Waals surface area contributed by atoms with Crippen LogP contribution in [0.5, 0.6) is 0 Å². The second-order valence-electron chi connectivity index (χ2n) is 10.8. The molecule has 2 aromatic carbocycles. The SMILES string of the molecule is CNC(=O)CC(C)(C)CNC(=O)[C@@H](CC(=O)OCc1ccccc1)n1ccc(-c2ccc(-c3ccncc3)cc2)c1. The van der Waals surface area contributed by atoms with Crippen LogP contribution in [0.1, 0.15) is 38.3 Å². The Hall–Kier alpha value is -4.72. The molecule has 8 heteroatoms. The Morgan fingerprint density at radius 3 is 2.17 bits per heavy atom. The van der Waals surface area contributed by atoms with Crippen LogP contribution >= 0.6 is 0 Å². The highest BCUT2D eigenvalue weighted by molar-refractivity contribution is 5.85. The van der Waals surface area contributed by atoms with Gasteiger partial charge in [0.15, 0.2) is 0 Å². The van der Waals surface area contributed by atoms with Gasteiger partial charge in [0, 0.05) is 44.8 Å². The third kappa shape index (κ3) is 8.38. The molecule has 4 aromatic rings. The standard InChI is InChI=1S/C33H36N4O4/c1-33(2,20-30(38)34-3)23-36-32(40)29(19-31(39)41-22-24-7-5-4-6-8-24)37-18-15-28(21-37)26-11-9-25(10-12-26)27-13-16-35-17-14-27/h4-18,21,29H,19-20,22-23H2,1-3H3,(H,34,38)(H,36,40)/t29-/m1/s1. The van der Waals surface area contributed by atoms with E-state index in [4.69, 9.17) is 4.74 Å². The Balaban J connectivity index is 1.50. The van der Waals surface area contributed by atoms with Crippen molar-refractivity contribution < 1.29 is 19.1 Å². The normalized spacial score (nSPS) is 11.9. The number of esters is 1. The Bertz CT molecular complexity index is 1450. The first kappa shape index (κ1) is 29.3. The summed E-state index contributed by atoms with van der Waals surface area (Å²) in [6.45, 7) is 4.23. The molecule has 2 aromatic heterocycles. The highest BCUT2D eigenvalue weighted by atomic mass is 16.5. The molecule has 0 spiro atoms. The predicted octanol–water partition coefficient (Wildman–Crippen LogP) is 5.17. The number of pyridine rings is 1. The molecule has 0 fully saturated rings. The van der Waals surface area contributed by atoms with Gasteiger partial charge in [-0.3, -0.25) is 19.4 Å². The van der Waals surface area contributed by atoms with Crippen molar-refractivity contribution in [3.63, 3.8) is 0 Å². The zero-order valence-corrected chi connectivity index (χ0v) is 23.7. The highest BCUT2D eigenvalue weighted by Gasteiger charge is 2.28. The Labute approximate surface area is 240 Å². The minimum absolute atomic E-state index is 0.102. The molecule has 1 atom stereocenters. The minimum atomic E-state index is -0.820. The summed E-state index contributed by atoms with van der Waals surface area (Å²) in [5.41, 5.74) is 4.46. The summed E-state index contributed by atoms with van der Waals surface area (Å²) in [5, 5.41) is 5.57. The van der Waals surface area contributed by atoms with Gasteiger partial charge in [0.2, 0.25) is 11.8 Å². The summed E-state index contributed by atoms with van der Waals surface area (Å²) in [4.78, 5) is 42.3. The van der Waals surface area contributed by atoms with Gasteiger partial charge in [0.1, 0.15) is 12.6 Å². The number of nitrogens with one attached hydrogen (secondary N) is 2. The quantitative estimate of drug-likeness (QED) is 0.236. The van der Waals surface area contributed by atoms with Gasteiger partial charge in [-0.15, -0.1) is 0 Å². The fourth-order valence-corrected chi connectivity index (χ4v) is 4.50. The first-order valence-corrected chi connectivity index (χ1v) is 13.6. The number of rotatable bonds is 12. The van der Waals surface area contributed by atoms with E-state index in [1.807, 2.05) is 92.8 Å². The molecule has 0 radical (unpaired) electrons. The summed E-state index contributed by atoms with van der Waals surface area (Å²) in [6.07, 6.45) is 7.32. The van der Waals surface area contributed by atoms with E-state index in [-0.39, 0.29) is 37.8 Å². The van der Waals surface area contributed by atoms with Crippen molar-refractivity contribution >= 4 is 17.8 Å². The van der Waals surface area contributed by atoms with Gasteiger partial charge in [0.25, 0.3) is 0 Å². The number of amides is 2. The van der Waals surface area contributed by atoms with Crippen LogP contribution in [-0.2, 0) is 25.7 Å². The number of ether oxygens (including phenoxy) is 1. The van der Waals surface area contributed by atoms with Crippen LogP contribution in [0.2, 0.25) is 0 Å². The Kier molecular flexibility index (Phi) is 9.68. The van der Waals surface area contributed by atoms with E-state index >= 15 is 0 Å². The third-order valence-electron chi connectivity index (χ3n) is 6.87. The molecule has 2 amide bonds. The van der Waals surface area contributed by atoms with Gasteiger partial charge >= 0.3 is 5.97 Å². The molecule has 8 nitrogen and oxygen atoms in total. The molecule has 0 saturated heterocycles. The number of carbonyl (C=O) groups excluding carboxylic acids is 3. The molecule has 0 bridgehead atoms. The van der Waals surface area contributed by atoms with Gasteiger partial charge in [-0.1, -0.05) is 68.4 Å². The van der Waals surface area contributed by atoms with Crippen molar-refractivity contribution in [2.75, 3.05) is 13.6 Å². The number of hydrogen-bond donors (Lipinski definition) is 2. The van der Waals surface area contributed by atoms with Crippen molar-refractivity contribution in [3.8, 4) is 22.3 Å². The van der Waals surface area contributed by atoms with Gasteiger partial charge in [-0.05, 0) is 51.4 Å². The smallest absolute Gasteiger partial charge is 0.308 e. The third-order valence-corrected chi connectivity index (χ3v) is 6.87. The fraction of sp³-hybridized carbons (Fsp3) is 0.273. The number of aromatic nitrogens is 2. The molecular weight excluding hydrogens is 516 g/mol. The fourth-order valence-electron chi connectivity index (χ4n) is 4.50. The van der Waals surface area contributed by atoms with Crippen molar-refractivity contribution in [1.29, 1.82) is 0 Å². The van der Waals surface area contributed by atoms with Crippen LogP contribution in [0, 0.1) is 5.41 Å². The van der Waals surface area contributed by atoms with E-state index in [0.29, 0.717) is 0 Å². The number of benzene rings is 2. The van der Waals surface area contributed by atoms with Gasteiger partial charge in [0.05, 0.1) is 6.42 Å². The van der Waals surface area contributed by atoms with Crippen LogP contribution in [-0.4, -0.2) is 40.9 Å². The number of carbonyl (C=O) groups is 3. The molecule has 0 aliphatic carbocycles. The Morgan fingerprint density at radius 2 is 1.51 bits per heavy atom. The summed E-state index contributed by atoms with van der Waals surface area (Å²) in [5.74, 6) is -0.896. The second-order valence-corrected chi connectivity index (χ2v) is 10.8. The van der Waals surface area contributed by atoms with Crippen molar-refractivity contribution in [1.82, 2.24) is 20.2 Å². The average Bonchev–Trinajstić information content (AvgIpc) is 3.48. The molecule has 2 heterocycles. The topological polar surface area (TPSA) is 102 Å². The van der Waals surface area contributed by atoms with Crippen LogP contribution in [0.4, 0.5) is 0 Å². The summed E-state index contributed by atoms with van der Waals surface area (Å²) in [6, 6.07) is 22.6. The molecule has 0 aliphatic rings. The maximum atomic E-state index is 13.5. The molecule has 0 saturated carbocycles. The molecule has 41 heavy (non-hydrogen) atoms. The van der Waals surface area contributed by atoms with Crippen molar-refractivity contribution in [2.24, 2.45) is 5.41 Å². The Morgan fingerprint density at radius 1 is 0.878 bits per heavy atom. The lowest BCUT2D eigenvalue weighted by Gasteiger charge is -2.26. The average molecular weight is 553 g/mol. The van der Waals surface area contributed by atoms with Crippen molar-refractivity contribution in [2.45, 2.75) is 39.3 Å². The van der Waals surface area contributed by atoms with E-state index in [1.165, 1.54) is 0 Å². The molecule has 2 N–H and O–H groups in total. The molecule has 0 unspecified atom stereocenters. The van der Waals surface area contributed by atoms with E-state index in [2.05, 4.69) is 15.6 Å². The predicted molar refractivity (Wildman–Crippen MR) is 158 cm³/mol. The first-order valence-electron chi connectivity index (χ1n) is 13.6. The van der Waals surface area contributed by atoms with E-state index < -0.39 is 17.4 Å². The summed E-state index contributed by atoms with van der Waals surface area (Å²) < 4.78 is 7.25. The van der Waals surface area contributed by atoms with Crippen LogP contribution < -0.4 is 10.6 Å². The number of nitrogens with zero attached hydrogens (tertiary/aromatic N) is 2. The maximum Gasteiger partial charge on any atom is 0.308 e. The minimum Gasteiger partial charge on any atom is -0.461 e. The molecule has 212 valence electrons. The highest BCUT2D eigenvalue weighted by Crippen LogP contribution is 2.27.